The van der Waals surface area contributed by atoms with E-state index in [4.69, 9.17) is 9.47 Å². The van der Waals surface area contributed by atoms with Crippen LogP contribution in [-0.4, -0.2) is 36.4 Å². The summed E-state index contributed by atoms with van der Waals surface area (Å²) in [4.78, 5) is 24.2. The summed E-state index contributed by atoms with van der Waals surface area (Å²) in [6.45, 7) is 3.86. The number of esters is 2. The average Bonchev–Trinajstić information content (AvgIpc) is 3.02. The van der Waals surface area contributed by atoms with Gasteiger partial charge in [0.2, 0.25) is 0 Å². The molecule has 0 saturated heterocycles. The van der Waals surface area contributed by atoms with Gasteiger partial charge in [0.1, 0.15) is 6.61 Å². The SMILES string of the molecule is CC/C=C\C/C=C\C/C=C\CCCCCCCC(=O)OCC(CO)OC(=O)CCCCCCC/C=C\C/C=C\C/C=C\CC. The maximum absolute atomic E-state index is 12.1. The summed E-state index contributed by atoms with van der Waals surface area (Å²) < 4.78 is 10.5. The zero-order chi connectivity index (χ0) is 32.2. The highest BCUT2D eigenvalue weighted by molar-refractivity contribution is 5.70. The maximum Gasteiger partial charge on any atom is 0.306 e. The smallest absolute Gasteiger partial charge is 0.306 e. The molecule has 0 bridgehead atoms. The number of unbranched alkanes of at least 4 members (excludes halogenated alkanes) is 10. The van der Waals surface area contributed by atoms with Crippen molar-refractivity contribution in [1.29, 1.82) is 0 Å². The highest BCUT2D eigenvalue weighted by Crippen LogP contribution is 2.11. The van der Waals surface area contributed by atoms with Gasteiger partial charge in [0.05, 0.1) is 6.61 Å². The van der Waals surface area contributed by atoms with Gasteiger partial charge in [-0.25, -0.2) is 0 Å². The van der Waals surface area contributed by atoms with Gasteiger partial charge in [-0.2, -0.15) is 0 Å². The van der Waals surface area contributed by atoms with Gasteiger partial charge in [-0.3, -0.25) is 9.59 Å². The Hall–Kier alpha value is -2.66. The highest BCUT2D eigenvalue weighted by atomic mass is 16.6. The fraction of sp³-hybridized carbons (Fsp3) is 0.641. The van der Waals surface area contributed by atoms with Gasteiger partial charge >= 0.3 is 11.9 Å². The van der Waals surface area contributed by atoms with Gasteiger partial charge in [-0.1, -0.05) is 125 Å². The van der Waals surface area contributed by atoms with E-state index in [2.05, 4.69) is 86.8 Å². The molecule has 250 valence electrons. The lowest BCUT2D eigenvalue weighted by Gasteiger charge is -2.15. The van der Waals surface area contributed by atoms with Crippen molar-refractivity contribution in [1.82, 2.24) is 0 Å². The van der Waals surface area contributed by atoms with Crippen molar-refractivity contribution in [2.45, 2.75) is 148 Å². The van der Waals surface area contributed by atoms with E-state index in [0.717, 1.165) is 109 Å². The van der Waals surface area contributed by atoms with Crippen LogP contribution in [0.3, 0.4) is 0 Å². The van der Waals surface area contributed by atoms with Gasteiger partial charge in [0.15, 0.2) is 6.10 Å². The quantitative estimate of drug-likeness (QED) is 0.0496. The molecule has 1 atom stereocenters. The number of aliphatic hydroxyl groups excluding tert-OH is 1. The van der Waals surface area contributed by atoms with Crippen molar-refractivity contribution in [2.24, 2.45) is 0 Å². The largest absolute Gasteiger partial charge is 0.462 e. The van der Waals surface area contributed by atoms with E-state index in [1.807, 2.05) is 0 Å². The molecular formula is C39H64O5. The van der Waals surface area contributed by atoms with Crippen LogP contribution in [0.1, 0.15) is 142 Å². The predicted molar refractivity (Wildman–Crippen MR) is 186 cm³/mol. The summed E-state index contributed by atoms with van der Waals surface area (Å²) in [5, 5.41) is 9.52. The molecule has 1 unspecified atom stereocenters. The summed E-state index contributed by atoms with van der Waals surface area (Å²) in [5.74, 6) is -0.640. The van der Waals surface area contributed by atoms with E-state index >= 15 is 0 Å². The van der Waals surface area contributed by atoms with Crippen molar-refractivity contribution >= 4 is 11.9 Å². The van der Waals surface area contributed by atoms with Crippen LogP contribution in [0.5, 0.6) is 0 Å². The first-order valence-corrected chi connectivity index (χ1v) is 17.5. The fourth-order valence-electron chi connectivity index (χ4n) is 4.40. The summed E-state index contributed by atoms with van der Waals surface area (Å²) in [7, 11) is 0. The van der Waals surface area contributed by atoms with Crippen LogP contribution in [0, 0.1) is 0 Å². The van der Waals surface area contributed by atoms with Gasteiger partial charge in [-0.05, 0) is 77.0 Å². The number of hydrogen-bond acceptors (Lipinski definition) is 5. The Balaban J connectivity index is 3.67. The molecule has 5 nitrogen and oxygen atoms in total. The van der Waals surface area contributed by atoms with E-state index < -0.39 is 6.10 Å². The van der Waals surface area contributed by atoms with Crippen LogP contribution in [-0.2, 0) is 19.1 Å². The molecule has 0 aromatic heterocycles. The molecule has 0 fully saturated rings. The second kappa shape index (κ2) is 34.8. The van der Waals surface area contributed by atoms with Crippen molar-refractivity contribution in [2.75, 3.05) is 13.2 Å². The molecule has 0 aromatic rings. The van der Waals surface area contributed by atoms with Crippen molar-refractivity contribution in [3.05, 3.63) is 72.9 Å². The zero-order valence-electron chi connectivity index (χ0n) is 28.1. The van der Waals surface area contributed by atoms with Gasteiger partial charge in [-0.15, -0.1) is 0 Å². The molecule has 0 rings (SSSR count). The monoisotopic (exact) mass is 612 g/mol. The Morgan fingerprint density at radius 2 is 0.909 bits per heavy atom. The molecule has 0 amide bonds. The van der Waals surface area contributed by atoms with Crippen LogP contribution < -0.4 is 0 Å². The van der Waals surface area contributed by atoms with E-state index in [1.165, 1.54) is 6.42 Å². The van der Waals surface area contributed by atoms with Gasteiger partial charge < -0.3 is 14.6 Å². The molecule has 44 heavy (non-hydrogen) atoms. The van der Waals surface area contributed by atoms with Crippen molar-refractivity contribution in [3.63, 3.8) is 0 Å². The van der Waals surface area contributed by atoms with E-state index in [-0.39, 0.29) is 25.2 Å². The molecule has 0 heterocycles. The number of allylic oxidation sites excluding steroid dienone is 12. The molecule has 0 aliphatic heterocycles. The van der Waals surface area contributed by atoms with Crippen LogP contribution in [0.2, 0.25) is 0 Å². The molecule has 1 N–H and O–H groups in total. The molecule has 0 spiro atoms. The average molecular weight is 613 g/mol. The van der Waals surface area contributed by atoms with Gasteiger partial charge in [0, 0.05) is 12.8 Å². The maximum atomic E-state index is 12.1. The molecule has 0 aliphatic rings. The van der Waals surface area contributed by atoms with E-state index in [0.29, 0.717) is 12.8 Å². The lowest BCUT2D eigenvalue weighted by molar-refractivity contribution is -0.161. The number of rotatable bonds is 30. The minimum absolute atomic E-state index is 0.0861. The normalized spacial score (nSPS) is 13.1. The summed E-state index contributed by atoms with van der Waals surface area (Å²) in [6.07, 6.45) is 45.2. The summed E-state index contributed by atoms with van der Waals surface area (Å²) in [5.41, 5.74) is 0. The van der Waals surface area contributed by atoms with Crippen LogP contribution >= 0.6 is 0 Å². The first-order valence-electron chi connectivity index (χ1n) is 17.5. The van der Waals surface area contributed by atoms with Gasteiger partial charge in [0.25, 0.3) is 0 Å². The number of carbonyl (C=O) groups is 2. The Morgan fingerprint density at radius 3 is 1.36 bits per heavy atom. The van der Waals surface area contributed by atoms with Crippen LogP contribution in [0.15, 0.2) is 72.9 Å². The number of hydrogen-bond donors (Lipinski definition) is 1. The Bertz CT molecular complexity index is 833. The zero-order valence-corrected chi connectivity index (χ0v) is 28.1. The van der Waals surface area contributed by atoms with E-state index in [9.17, 15) is 14.7 Å². The molecule has 5 heteroatoms. The molecular weight excluding hydrogens is 548 g/mol. The molecule has 0 aromatic carbocycles. The summed E-state index contributed by atoms with van der Waals surface area (Å²) >= 11 is 0. The number of carbonyl (C=O) groups excluding carboxylic acids is 2. The van der Waals surface area contributed by atoms with Crippen molar-refractivity contribution in [3.8, 4) is 0 Å². The third-order valence-corrected chi connectivity index (χ3v) is 7.00. The first-order chi connectivity index (χ1) is 21.6. The standard InChI is InChI=1S/C39H64O5/c1-3-5-7-9-11-13-15-17-19-21-23-25-27-29-31-33-38(41)43-36-37(35-40)44-39(42)34-32-30-28-26-24-22-20-18-16-14-12-10-8-6-4-2/h5-8,11-14,17-20,37,40H,3-4,9-10,15-16,21-36H2,1-2H3/b7-5-,8-6-,13-11-,14-12-,19-17-,20-18-. The number of aliphatic hydroxyl groups is 1. The lowest BCUT2D eigenvalue weighted by Crippen LogP contribution is -2.28. The second-order valence-corrected chi connectivity index (χ2v) is 11.2. The second-order valence-electron chi connectivity index (χ2n) is 11.2. The minimum atomic E-state index is -0.790. The van der Waals surface area contributed by atoms with Crippen LogP contribution in [0.25, 0.3) is 0 Å². The topological polar surface area (TPSA) is 72.8 Å². The molecule has 0 aliphatic carbocycles. The predicted octanol–water partition coefficient (Wildman–Crippen LogP) is 10.6. The van der Waals surface area contributed by atoms with Crippen molar-refractivity contribution < 1.29 is 24.2 Å². The summed E-state index contributed by atoms with van der Waals surface area (Å²) in [6, 6.07) is 0. The molecule has 0 saturated carbocycles. The van der Waals surface area contributed by atoms with Crippen LogP contribution in [0.4, 0.5) is 0 Å². The molecule has 0 radical (unpaired) electrons. The third kappa shape index (κ3) is 32.3. The minimum Gasteiger partial charge on any atom is -0.462 e. The van der Waals surface area contributed by atoms with E-state index in [1.54, 1.807) is 0 Å². The Labute approximate surface area is 270 Å². The highest BCUT2D eigenvalue weighted by Gasteiger charge is 2.16. The fourth-order valence-corrected chi connectivity index (χ4v) is 4.40. The number of ether oxygens (including phenoxy) is 2. The Kier molecular flexibility index (Phi) is 32.7. The Morgan fingerprint density at radius 1 is 0.523 bits per heavy atom. The lowest BCUT2D eigenvalue weighted by atomic mass is 10.1. The first kappa shape index (κ1) is 41.3. The third-order valence-electron chi connectivity index (χ3n) is 7.00.